The number of hydrazine groups is 1. The normalized spacial score (nSPS) is 9.31. The minimum Gasteiger partial charge on any atom is -0.358 e. The molecular formula is C10H14N4OS. The van der Waals surface area contributed by atoms with Crippen molar-refractivity contribution in [2.24, 2.45) is 0 Å². The smallest absolute Gasteiger partial charge is 0.286 e. The minimum atomic E-state index is -0.274. The van der Waals surface area contributed by atoms with E-state index in [4.69, 9.17) is 12.2 Å². The van der Waals surface area contributed by atoms with Crippen LogP contribution in [0.2, 0.25) is 0 Å². The van der Waals surface area contributed by atoms with E-state index in [0.29, 0.717) is 17.4 Å². The van der Waals surface area contributed by atoms with Crippen LogP contribution in [0.4, 0.5) is 0 Å². The summed E-state index contributed by atoms with van der Waals surface area (Å²) in [6.45, 7) is 6.18. The molecule has 0 unspecified atom stereocenters. The van der Waals surface area contributed by atoms with Crippen LogP contribution in [0.5, 0.6) is 0 Å². The third-order valence-corrected chi connectivity index (χ3v) is 1.93. The zero-order chi connectivity index (χ0) is 12.0. The minimum absolute atomic E-state index is 0.274. The van der Waals surface area contributed by atoms with Crippen molar-refractivity contribution in [2.75, 3.05) is 6.54 Å². The van der Waals surface area contributed by atoms with Crippen molar-refractivity contribution < 1.29 is 4.79 Å². The number of amides is 1. The number of aromatic nitrogens is 1. The molecule has 0 spiro atoms. The van der Waals surface area contributed by atoms with Gasteiger partial charge in [-0.05, 0) is 31.3 Å². The lowest BCUT2D eigenvalue weighted by Crippen LogP contribution is -2.47. The summed E-state index contributed by atoms with van der Waals surface area (Å²) in [5.41, 5.74) is 6.47. The fraction of sp³-hybridized carbons (Fsp3) is 0.200. The van der Waals surface area contributed by atoms with Crippen LogP contribution < -0.4 is 16.2 Å². The van der Waals surface area contributed by atoms with Crippen molar-refractivity contribution in [1.29, 1.82) is 0 Å². The molecule has 1 aromatic heterocycles. The van der Waals surface area contributed by atoms with Gasteiger partial charge < -0.3 is 10.3 Å². The van der Waals surface area contributed by atoms with E-state index < -0.39 is 0 Å². The van der Waals surface area contributed by atoms with E-state index in [9.17, 15) is 4.79 Å². The summed E-state index contributed by atoms with van der Waals surface area (Å²) in [6, 6.07) is 3.41. The Morgan fingerprint density at radius 2 is 2.31 bits per heavy atom. The highest BCUT2D eigenvalue weighted by molar-refractivity contribution is 7.80. The van der Waals surface area contributed by atoms with Gasteiger partial charge in [0.25, 0.3) is 5.91 Å². The number of H-pyrrole nitrogens is 1. The van der Waals surface area contributed by atoms with Crippen LogP contribution in [0, 0.1) is 0 Å². The molecule has 0 saturated carbocycles. The quantitative estimate of drug-likeness (QED) is 0.355. The number of hydrogen-bond acceptors (Lipinski definition) is 2. The molecule has 1 amide bonds. The van der Waals surface area contributed by atoms with Crippen LogP contribution in [0.15, 0.2) is 30.5 Å². The molecule has 1 heterocycles. The lowest BCUT2D eigenvalue weighted by Gasteiger charge is -2.10. The Bertz CT molecular complexity index is 386. The van der Waals surface area contributed by atoms with Gasteiger partial charge in [-0.15, -0.1) is 0 Å². The maximum absolute atomic E-state index is 11.4. The second kappa shape index (κ2) is 5.92. The molecule has 0 aliphatic heterocycles. The molecule has 86 valence electrons. The summed E-state index contributed by atoms with van der Waals surface area (Å²) in [6.07, 6.45) is 1.67. The van der Waals surface area contributed by atoms with E-state index in [2.05, 4.69) is 27.7 Å². The first-order chi connectivity index (χ1) is 7.59. The van der Waals surface area contributed by atoms with Crippen molar-refractivity contribution in [3.8, 4) is 0 Å². The Morgan fingerprint density at radius 1 is 1.56 bits per heavy atom. The van der Waals surface area contributed by atoms with Gasteiger partial charge in [0, 0.05) is 12.7 Å². The lowest BCUT2D eigenvalue weighted by atomic mass is 10.4. The van der Waals surface area contributed by atoms with Gasteiger partial charge >= 0.3 is 0 Å². The standard InChI is InChI=1S/C10H14N4OS/c1-7(2)6-12-10(16)14-13-9(15)8-4-3-5-11-8/h3-5,11H,1,6H2,2H3,(H,13,15)(H2,12,14,16). The Labute approximate surface area is 99.3 Å². The molecule has 4 N–H and O–H groups in total. The van der Waals surface area contributed by atoms with Gasteiger partial charge in [-0.1, -0.05) is 12.2 Å². The molecule has 1 rings (SSSR count). The number of carbonyl (C=O) groups is 1. The fourth-order valence-corrected chi connectivity index (χ4v) is 1.05. The van der Waals surface area contributed by atoms with Gasteiger partial charge in [0.15, 0.2) is 5.11 Å². The summed E-state index contributed by atoms with van der Waals surface area (Å²) in [5, 5.41) is 3.23. The number of nitrogens with one attached hydrogen (secondary N) is 4. The zero-order valence-electron chi connectivity index (χ0n) is 8.96. The molecular weight excluding hydrogens is 224 g/mol. The maximum atomic E-state index is 11.4. The number of aromatic amines is 1. The van der Waals surface area contributed by atoms with E-state index in [0.717, 1.165) is 5.57 Å². The number of thiocarbonyl (C=S) groups is 1. The second-order valence-corrected chi connectivity index (χ2v) is 3.71. The van der Waals surface area contributed by atoms with Crippen molar-refractivity contribution in [2.45, 2.75) is 6.92 Å². The van der Waals surface area contributed by atoms with Gasteiger partial charge in [-0.25, -0.2) is 0 Å². The van der Waals surface area contributed by atoms with Crippen LogP contribution in [0.3, 0.4) is 0 Å². The first kappa shape index (κ1) is 12.3. The third-order valence-electron chi connectivity index (χ3n) is 1.68. The van der Waals surface area contributed by atoms with E-state index in [1.54, 1.807) is 18.3 Å². The van der Waals surface area contributed by atoms with Gasteiger partial charge in [-0.2, -0.15) is 0 Å². The summed E-state index contributed by atoms with van der Waals surface area (Å²) < 4.78 is 0. The van der Waals surface area contributed by atoms with Crippen LogP contribution in [-0.4, -0.2) is 22.5 Å². The molecule has 0 aliphatic carbocycles. The molecule has 16 heavy (non-hydrogen) atoms. The van der Waals surface area contributed by atoms with Crippen molar-refractivity contribution in [1.82, 2.24) is 21.2 Å². The summed E-state index contributed by atoms with van der Waals surface area (Å²) in [7, 11) is 0. The molecule has 1 aromatic rings. The number of hydrogen-bond donors (Lipinski definition) is 4. The van der Waals surface area contributed by atoms with Gasteiger partial charge in [0.2, 0.25) is 0 Å². The van der Waals surface area contributed by atoms with E-state index >= 15 is 0 Å². The van der Waals surface area contributed by atoms with Gasteiger partial charge in [-0.3, -0.25) is 15.6 Å². The largest absolute Gasteiger partial charge is 0.358 e. The Balaban J connectivity index is 2.27. The molecule has 5 nitrogen and oxygen atoms in total. The SMILES string of the molecule is C=C(C)CNC(=S)NNC(=O)c1ccc[nH]1. The lowest BCUT2D eigenvalue weighted by molar-refractivity contribution is 0.0939. The average molecular weight is 238 g/mol. The topological polar surface area (TPSA) is 68.9 Å². The summed E-state index contributed by atoms with van der Waals surface area (Å²) in [4.78, 5) is 14.2. The highest BCUT2D eigenvalue weighted by atomic mass is 32.1. The average Bonchev–Trinajstić information content (AvgIpc) is 2.76. The Kier molecular flexibility index (Phi) is 4.53. The first-order valence-electron chi connectivity index (χ1n) is 4.71. The fourth-order valence-electron chi connectivity index (χ4n) is 0.928. The van der Waals surface area contributed by atoms with Crippen LogP contribution in [0.25, 0.3) is 0 Å². The third kappa shape index (κ3) is 4.14. The van der Waals surface area contributed by atoms with Crippen molar-refractivity contribution >= 4 is 23.2 Å². The summed E-state index contributed by atoms with van der Waals surface area (Å²) in [5.74, 6) is -0.274. The monoisotopic (exact) mass is 238 g/mol. The predicted octanol–water partition coefficient (Wildman–Crippen LogP) is 0.700. The Morgan fingerprint density at radius 3 is 2.88 bits per heavy atom. The molecule has 0 atom stereocenters. The molecule has 0 aromatic carbocycles. The van der Waals surface area contributed by atoms with E-state index in [1.807, 2.05) is 6.92 Å². The van der Waals surface area contributed by atoms with E-state index in [1.165, 1.54) is 0 Å². The molecule has 0 bridgehead atoms. The van der Waals surface area contributed by atoms with Crippen molar-refractivity contribution in [3.63, 3.8) is 0 Å². The highest BCUT2D eigenvalue weighted by Crippen LogP contribution is 1.92. The molecule has 0 saturated heterocycles. The van der Waals surface area contributed by atoms with E-state index in [-0.39, 0.29) is 5.91 Å². The van der Waals surface area contributed by atoms with Crippen LogP contribution in [-0.2, 0) is 0 Å². The highest BCUT2D eigenvalue weighted by Gasteiger charge is 2.04. The van der Waals surface area contributed by atoms with Gasteiger partial charge in [0.1, 0.15) is 5.69 Å². The van der Waals surface area contributed by atoms with Crippen LogP contribution >= 0.6 is 12.2 Å². The molecule has 0 fully saturated rings. The summed E-state index contributed by atoms with van der Waals surface area (Å²) >= 11 is 4.93. The zero-order valence-corrected chi connectivity index (χ0v) is 9.78. The van der Waals surface area contributed by atoms with Crippen LogP contribution in [0.1, 0.15) is 17.4 Å². The van der Waals surface area contributed by atoms with Crippen molar-refractivity contribution in [3.05, 3.63) is 36.2 Å². The Hall–Kier alpha value is -1.82. The molecule has 0 radical (unpaired) electrons. The number of rotatable bonds is 3. The number of carbonyl (C=O) groups excluding carboxylic acids is 1. The van der Waals surface area contributed by atoms with Gasteiger partial charge in [0.05, 0.1) is 0 Å². The second-order valence-electron chi connectivity index (χ2n) is 3.30. The predicted molar refractivity (Wildman–Crippen MR) is 66.8 cm³/mol. The maximum Gasteiger partial charge on any atom is 0.286 e. The molecule has 0 aliphatic rings. The first-order valence-corrected chi connectivity index (χ1v) is 5.12. The molecule has 6 heteroatoms.